The van der Waals surface area contributed by atoms with Gasteiger partial charge in [-0.25, -0.2) is 15.9 Å². The fraction of sp³-hybridized carbons (Fsp3) is 0. The lowest BCUT2D eigenvalue weighted by atomic mass is 10.1. The molecule has 2 aromatic rings. The summed E-state index contributed by atoms with van der Waals surface area (Å²) in [6.45, 7) is 0. The third kappa shape index (κ3) is 2.80. The van der Waals surface area contributed by atoms with Gasteiger partial charge in [0.1, 0.15) is 11.4 Å². The molecule has 0 bridgehead atoms. The van der Waals surface area contributed by atoms with Crippen molar-refractivity contribution in [1.29, 1.82) is 16.5 Å². The summed E-state index contributed by atoms with van der Waals surface area (Å²) in [4.78, 5) is 24.6. The van der Waals surface area contributed by atoms with E-state index in [-0.39, 0.29) is 11.4 Å². The smallest absolute Gasteiger partial charge is 0.341 e. The van der Waals surface area contributed by atoms with Crippen LogP contribution in [0.15, 0.2) is 29.1 Å². The predicted molar refractivity (Wildman–Crippen MR) is 68.0 cm³/mol. The molecule has 7 N–H and O–H groups in total. The monoisotopic (exact) mass is 261 g/mol. The standard InChI is InChI=1S/C11H9N3O3.H2N2/c12-9(13)6-2-1-5-3-7(11(16)17)10(15)14-8(5)4-6;1-2/h1-4H,(H3,12,13)(H,14,15)(H,16,17);1-2H. The Morgan fingerprint density at radius 3 is 2.42 bits per heavy atom. The van der Waals surface area contributed by atoms with Crippen LogP contribution in [0.2, 0.25) is 0 Å². The Morgan fingerprint density at radius 2 is 1.89 bits per heavy atom. The van der Waals surface area contributed by atoms with Crippen LogP contribution in [0.5, 0.6) is 0 Å². The maximum Gasteiger partial charge on any atom is 0.341 e. The minimum absolute atomic E-state index is 0.116. The second kappa shape index (κ2) is 5.54. The Balaban J connectivity index is 0.000000861. The molecular formula is C11H11N5O3. The van der Waals surface area contributed by atoms with Crippen molar-refractivity contribution in [2.45, 2.75) is 0 Å². The van der Waals surface area contributed by atoms with Crippen LogP contribution in [0.25, 0.3) is 10.9 Å². The zero-order valence-electron chi connectivity index (χ0n) is 9.65. The van der Waals surface area contributed by atoms with Gasteiger partial charge in [0.05, 0.1) is 0 Å². The van der Waals surface area contributed by atoms with E-state index in [0.29, 0.717) is 16.5 Å². The number of pyridine rings is 1. The minimum Gasteiger partial charge on any atom is -0.477 e. The summed E-state index contributed by atoms with van der Waals surface area (Å²) in [5, 5.41) is 16.6. The maximum absolute atomic E-state index is 11.4. The summed E-state index contributed by atoms with van der Waals surface area (Å²) in [7, 11) is 0. The number of benzene rings is 1. The molecule has 0 saturated carbocycles. The Morgan fingerprint density at radius 1 is 1.26 bits per heavy atom. The van der Waals surface area contributed by atoms with Gasteiger partial charge < -0.3 is 15.8 Å². The van der Waals surface area contributed by atoms with Gasteiger partial charge in [0.25, 0.3) is 5.56 Å². The number of H-pyrrole nitrogens is 1. The van der Waals surface area contributed by atoms with Crippen molar-refractivity contribution in [3.63, 3.8) is 0 Å². The summed E-state index contributed by atoms with van der Waals surface area (Å²) in [5.41, 5.74) is 15.3. The number of nitrogens with two attached hydrogens (primary N) is 1. The number of hydrogen-bond acceptors (Lipinski definition) is 5. The van der Waals surface area contributed by atoms with Crippen molar-refractivity contribution in [2.75, 3.05) is 0 Å². The van der Waals surface area contributed by atoms with Gasteiger partial charge in [-0.1, -0.05) is 12.1 Å². The molecule has 0 aliphatic rings. The van der Waals surface area contributed by atoms with Crippen molar-refractivity contribution in [1.82, 2.24) is 4.98 Å². The van der Waals surface area contributed by atoms with Gasteiger partial charge in [-0.2, -0.15) is 0 Å². The number of aromatic carboxylic acids is 1. The molecule has 0 unspecified atom stereocenters. The van der Waals surface area contributed by atoms with Crippen molar-refractivity contribution in [3.8, 4) is 0 Å². The number of carboxylic acids is 1. The molecule has 1 aromatic carbocycles. The molecule has 98 valence electrons. The quantitative estimate of drug-likeness (QED) is 0.270. The van der Waals surface area contributed by atoms with E-state index in [1.807, 2.05) is 0 Å². The second-order valence-electron chi connectivity index (χ2n) is 3.53. The third-order valence-electron chi connectivity index (χ3n) is 2.39. The largest absolute Gasteiger partial charge is 0.477 e. The lowest BCUT2D eigenvalue weighted by molar-refractivity contribution is 0.0695. The molecule has 0 fully saturated rings. The average Bonchev–Trinajstić information content (AvgIpc) is 2.39. The fourth-order valence-corrected chi connectivity index (χ4v) is 1.53. The number of amidine groups is 1. The minimum atomic E-state index is -1.27. The first-order chi connectivity index (χ1) is 8.99. The summed E-state index contributed by atoms with van der Waals surface area (Å²) in [5.74, 6) is -1.39. The lowest BCUT2D eigenvalue weighted by Gasteiger charge is -2.02. The molecule has 0 spiro atoms. The van der Waals surface area contributed by atoms with Crippen LogP contribution in [0.1, 0.15) is 15.9 Å². The maximum atomic E-state index is 11.4. The van der Waals surface area contributed by atoms with E-state index in [4.69, 9.17) is 27.3 Å². The van der Waals surface area contributed by atoms with Gasteiger partial charge in [-0.05, 0) is 17.5 Å². The molecule has 0 amide bonds. The Kier molecular flexibility index (Phi) is 4.09. The van der Waals surface area contributed by atoms with Crippen molar-refractivity contribution >= 4 is 22.7 Å². The van der Waals surface area contributed by atoms with E-state index in [2.05, 4.69) is 4.98 Å². The Bertz CT molecular complexity index is 707. The number of hydrogen-bond donors (Lipinski definition) is 6. The van der Waals surface area contributed by atoms with E-state index < -0.39 is 11.5 Å². The molecule has 0 aliphatic carbocycles. The first kappa shape index (κ1) is 14.0. The van der Waals surface area contributed by atoms with Crippen LogP contribution in [0.4, 0.5) is 0 Å². The first-order valence-corrected chi connectivity index (χ1v) is 4.99. The topological polar surface area (TPSA) is 168 Å². The van der Waals surface area contributed by atoms with Crippen LogP contribution >= 0.6 is 0 Å². The normalized spacial score (nSPS) is 9.47. The molecule has 2 rings (SSSR count). The molecule has 1 aromatic heterocycles. The van der Waals surface area contributed by atoms with E-state index in [1.165, 1.54) is 12.1 Å². The number of fused-ring (bicyclic) bond motifs is 1. The molecule has 0 radical (unpaired) electrons. The van der Waals surface area contributed by atoms with Gasteiger partial charge in [-0.3, -0.25) is 10.2 Å². The predicted octanol–water partition coefficient (Wildman–Crippen LogP) is 1.11. The molecule has 1 heterocycles. The molecule has 19 heavy (non-hydrogen) atoms. The van der Waals surface area contributed by atoms with Gasteiger partial charge in [0.2, 0.25) is 0 Å². The van der Waals surface area contributed by atoms with Crippen LogP contribution in [0, 0.1) is 16.5 Å². The van der Waals surface area contributed by atoms with Crippen LogP contribution in [-0.2, 0) is 0 Å². The summed E-state index contributed by atoms with van der Waals surface area (Å²) >= 11 is 0. The SMILES string of the molecule is N=C(N)c1ccc2cc(C(=O)O)c(=O)[nH]c2c1.N=N. The highest BCUT2D eigenvalue weighted by atomic mass is 16.4. The van der Waals surface area contributed by atoms with Gasteiger partial charge in [0, 0.05) is 11.1 Å². The highest BCUT2D eigenvalue weighted by molar-refractivity contribution is 5.99. The van der Waals surface area contributed by atoms with Crippen molar-refractivity contribution in [3.05, 3.63) is 45.7 Å². The number of nitrogens with one attached hydrogen (secondary N) is 4. The molecule has 0 saturated heterocycles. The van der Waals surface area contributed by atoms with E-state index in [1.54, 1.807) is 12.1 Å². The van der Waals surface area contributed by atoms with Crippen LogP contribution in [0.3, 0.4) is 0 Å². The van der Waals surface area contributed by atoms with Crippen LogP contribution in [-0.4, -0.2) is 21.9 Å². The Labute approximate surface area is 106 Å². The zero-order valence-corrected chi connectivity index (χ0v) is 9.65. The van der Waals surface area contributed by atoms with Gasteiger partial charge in [-0.15, -0.1) is 0 Å². The van der Waals surface area contributed by atoms with E-state index >= 15 is 0 Å². The average molecular weight is 261 g/mol. The van der Waals surface area contributed by atoms with Crippen LogP contribution < -0.4 is 11.3 Å². The fourth-order valence-electron chi connectivity index (χ4n) is 1.53. The van der Waals surface area contributed by atoms with E-state index in [9.17, 15) is 9.59 Å². The molecule has 8 heteroatoms. The van der Waals surface area contributed by atoms with Crippen molar-refractivity contribution < 1.29 is 9.90 Å². The summed E-state index contributed by atoms with van der Waals surface area (Å²) in [6, 6.07) is 6.02. The van der Waals surface area contributed by atoms with Gasteiger partial charge >= 0.3 is 5.97 Å². The summed E-state index contributed by atoms with van der Waals surface area (Å²) in [6.07, 6.45) is 0. The molecule has 0 aliphatic heterocycles. The summed E-state index contributed by atoms with van der Waals surface area (Å²) < 4.78 is 0. The highest BCUT2D eigenvalue weighted by Gasteiger charge is 2.10. The Hall–Kier alpha value is -3.03. The number of aromatic nitrogens is 1. The second-order valence-corrected chi connectivity index (χ2v) is 3.53. The highest BCUT2D eigenvalue weighted by Crippen LogP contribution is 2.13. The number of carbonyl (C=O) groups is 1. The zero-order chi connectivity index (χ0) is 14.6. The number of carboxylic acid groups (broad SMARTS) is 1. The lowest BCUT2D eigenvalue weighted by Crippen LogP contribution is -2.17. The number of nitrogen functional groups attached to an aromatic ring is 1. The molecule has 0 atom stereocenters. The molecular weight excluding hydrogens is 250 g/mol. The van der Waals surface area contributed by atoms with Crippen molar-refractivity contribution in [2.24, 2.45) is 5.73 Å². The first-order valence-electron chi connectivity index (χ1n) is 4.99. The van der Waals surface area contributed by atoms with E-state index in [0.717, 1.165) is 0 Å². The third-order valence-corrected chi connectivity index (χ3v) is 2.39. The molecule has 8 nitrogen and oxygen atoms in total. The number of rotatable bonds is 2. The van der Waals surface area contributed by atoms with Gasteiger partial charge in [0.15, 0.2) is 0 Å². The number of aromatic amines is 1.